The molecule has 4 nitrogen and oxygen atoms in total. The first-order valence-corrected chi connectivity index (χ1v) is 5.94. The Bertz CT molecular complexity index is 367. The van der Waals surface area contributed by atoms with Crippen LogP contribution in [0, 0.1) is 0 Å². The third-order valence-electron chi connectivity index (χ3n) is 3.20. The lowest BCUT2D eigenvalue weighted by Crippen LogP contribution is -2.49. The summed E-state index contributed by atoms with van der Waals surface area (Å²) in [6, 6.07) is 9.83. The van der Waals surface area contributed by atoms with Crippen LogP contribution >= 0.6 is 0 Å². The number of hydrogen-bond acceptors (Lipinski definition) is 4. The van der Waals surface area contributed by atoms with E-state index in [1.165, 1.54) is 0 Å². The normalized spacial score (nSPS) is 37.5. The van der Waals surface area contributed by atoms with Crippen LogP contribution in [0.1, 0.15) is 18.3 Å². The molecule has 2 aliphatic heterocycles. The zero-order valence-electron chi connectivity index (χ0n) is 9.49. The molecule has 4 heteroatoms. The fourth-order valence-corrected chi connectivity index (χ4v) is 2.29. The molecule has 0 amide bonds. The van der Waals surface area contributed by atoms with E-state index in [0.717, 1.165) is 5.56 Å². The van der Waals surface area contributed by atoms with Crippen LogP contribution in [0.15, 0.2) is 30.3 Å². The minimum atomic E-state index is -0.425. The minimum Gasteiger partial charge on any atom is -0.391 e. The van der Waals surface area contributed by atoms with Crippen molar-refractivity contribution in [1.29, 1.82) is 0 Å². The smallest absolute Gasteiger partial charge is 0.184 e. The summed E-state index contributed by atoms with van der Waals surface area (Å²) in [4.78, 5) is 0. The van der Waals surface area contributed by atoms with Gasteiger partial charge in [-0.2, -0.15) is 0 Å². The Balaban J connectivity index is 1.70. The van der Waals surface area contributed by atoms with Crippen molar-refractivity contribution in [1.82, 2.24) is 0 Å². The van der Waals surface area contributed by atoms with Gasteiger partial charge in [0.05, 0.1) is 25.4 Å². The highest BCUT2D eigenvalue weighted by atomic mass is 16.7. The summed E-state index contributed by atoms with van der Waals surface area (Å²) >= 11 is 0. The molecule has 92 valence electrons. The van der Waals surface area contributed by atoms with E-state index in [2.05, 4.69) is 0 Å². The lowest BCUT2D eigenvalue weighted by atomic mass is 10.0. The van der Waals surface area contributed by atoms with Gasteiger partial charge < -0.3 is 19.3 Å². The monoisotopic (exact) mass is 236 g/mol. The first kappa shape index (κ1) is 11.2. The minimum absolute atomic E-state index is 0.0432. The number of benzene rings is 1. The molecule has 1 aromatic rings. The van der Waals surface area contributed by atoms with Gasteiger partial charge in [-0.15, -0.1) is 0 Å². The third kappa shape index (κ3) is 2.35. The van der Waals surface area contributed by atoms with Crippen LogP contribution in [-0.4, -0.2) is 36.6 Å². The van der Waals surface area contributed by atoms with E-state index in [1.54, 1.807) is 0 Å². The van der Waals surface area contributed by atoms with E-state index in [1.807, 2.05) is 30.3 Å². The Morgan fingerprint density at radius 3 is 2.65 bits per heavy atom. The highest BCUT2D eigenvalue weighted by Gasteiger charge is 2.37. The van der Waals surface area contributed by atoms with E-state index >= 15 is 0 Å². The van der Waals surface area contributed by atoms with E-state index in [-0.39, 0.29) is 18.5 Å². The SMILES string of the molecule is O[C@@H]1COC2COC(c3ccccc3)O[C@H]2C1. The van der Waals surface area contributed by atoms with Gasteiger partial charge in [-0.25, -0.2) is 0 Å². The number of fused-ring (bicyclic) bond motifs is 1. The highest BCUT2D eigenvalue weighted by molar-refractivity contribution is 5.16. The molecule has 1 aromatic carbocycles. The molecule has 2 heterocycles. The molecular weight excluding hydrogens is 220 g/mol. The predicted octanol–water partition coefficient (Wildman–Crippen LogP) is 1.25. The van der Waals surface area contributed by atoms with Crippen LogP contribution in [-0.2, 0) is 14.2 Å². The Kier molecular flexibility index (Phi) is 3.11. The molecular formula is C13H16O4. The summed E-state index contributed by atoms with van der Waals surface area (Å²) in [5.41, 5.74) is 1.01. The van der Waals surface area contributed by atoms with Crippen molar-refractivity contribution >= 4 is 0 Å². The van der Waals surface area contributed by atoms with E-state index < -0.39 is 6.10 Å². The van der Waals surface area contributed by atoms with Gasteiger partial charge in [-0.3, -0.25) is 0 Å². The molecule has 0 saturated carbocycles. The molecule has 2 fully saturated rings. The lowest BCUT2D eigenvalue weighted by Gasteiger charge is -2.40. The average molecular weight is 236 g/mol. The van der Waals surface area contributed by atoms with Crippen LogP contribution in [0.2, 0.25) is 0 Å². The summed E-state index contributed by atoms with van der Waals surface area (Å²) in [5.74, 6) is 0. The van der Waals surface area contributed by atoms with Crippen molar-refractivity contribution in [3.05, 3.63) is 35.9 Å². The van der Waals surface area contributed by atoms with Gasteiger partial charge in [0.15, 0.2) is 6.29 Å². The molecule has 2 unspecified atom stereocenters. The van der Waals surface area contributed by atoms with Crippen molar-refractivity contribution in [2.75, 3.05) is 13.2 Å². The van der Waals surface area contributed by atoms with Crippen LogP contribution < -0.4 is 0 Å². The summed E-state index contributed by atoms with van der Waals surface area (Å²) in [7, 11) is 0. The van der Waals surface area contributed by atoms with Gasteiger partial charge in [-0.05, 0) is 0 Å². The summed E-state index contributed by atoms with van der Waals surface area (Å²) in [6.45, 7) is 0.904. The van der Waals surface area contributed by atoms with E-state index in [9.17, 15) is 5.11 Å². The fraction of sp³-hybridized carbons (Fsp3) is 0.538. The van der Waals surface area contributed by atoms with Gasteiger partial charge in [0, 0.05) is 12.0 Å². The average Bonchev–Trinajstić information content (AvgIpc) is 2.39. The first-order chi connectivity index (χ1) is 8.33. The topological polar surface area (TPSA) is 47.9 Å². The summed E-state index contributed by atoms with van der Waals surface area (Å²) in [5, 5.41) is 9.56. The van der Waals surface area contributed by atoms with Gasteiger partial charge in [-0.1, -0.05) is 30.3 Å². The third-order valence-corrected chi connectivity index (χ3v) is 3.20. The second kappa shape index (κ2) is 4.74. The van der Waals surface area contributed by atoms with Crippen molar-refractivity contribution in [3.63, 3.8) is 0 Å². The molecule has 0 aliphatic carbocycles. The Hall–Kier alpha value is -0.940. The fourth-order valence-electron chi connectivity index (χ4n) is 2.29. The van der Waals surface area contributed by atoms with Crippen LogP contribution in [0.5, 0.6) is 0 Å². The van der Waals surface area contributed by atoms with Gasteiger partial charge in [0.25, 0.3) is 0 Å². The Labute approximate surface area is 100 Å². The molecule has 0 bridgehead atoms. The molecule has 1 N–H and O–H groups in total. The molecule has 2 aliphatic rings. The number of ether oxygens (including phenoxy) is 3. The molecule has 0 aromatic heterocycles. The molecule has 2 saturated heterocycles. The number of rotatable bonds is 1. The van der Waals surface area contributed by atoms with Crippen LogP contribution in [0.25, 0.3) is 0 Å². The first-order valence-electron chi connectivity index (χ1n) is 5.94. The standard InChI is InChI=1S/C13H16O4/c14-10-6-11-12(15-7-10)8-16-13(17-11)9-4-2-1-3-5-9/h1-5,10-14H,6-8H2/t10-,11-,12?,13?/m0/s1. The van der Waals surface area contributed by atoms with Crippen molar-refractivity contribution in [3.8, 4) is 0 Å². The number of aliphatic hydroxyl groups is 1. The largest absolute Gasteiger partial charge is 0.391 e. The maximum atomic E-state index is 9.56. The van der Waals surface area contributed by atoms with Crippen LogP contribution in [0.3, 0.4) is 0 Å². The summed E-state index contributed by atoms with van der Waals surface area (Å²) in [6.07, 6.45) is -0.259. The van der Waals surface area contributed by atoms with Gasteiger partial charge in [0.2, 0.25) is 0 Å². The Morgan fingerprint density at radius 2 is 1.82 bits per heavy atom. The van der Waals surface area contributed by atoms with Crippen molar-refractivity contribution in [2.45, 2.75) is 31.0 Å². The quantitative estimate of drug-likeness (QED) is 0.797. The van der Waals surface area contributed by atoms with Crippen LogP contribution in [0.4, 0.5) is 0 Å². The van der Waals surface area contributed by atoms with Crippen molar-refractivity contribution < 1.29 is 19.3 Å². The Morgan fingerprint density at radius 1 is 1.00 bits per heavy atom. The second-order valence-electron chi connectivity index (χ2n) is 4.51. The number of aliphatic hydroxyl groups excluding tert-OH is 1. The summed E-state index contributed by atoms with van der Waals surface area (Å²) < 4.78 is 17.0. The highest BCUT2D eigenvalue weighted by Crippen LogP contribution is 2.31. The molecule has 17 heavy (non-hydrogen) atoms. The maximum Gasteiger partial charge on any atom is 0.184 e. The predicted molar refractivity (Wildman–Crippen MR) is 60.4 cm³/mol. The molecule has 3 rings (SSSR count). The molecule has 0 spiro atoms. The second-order valence-corrected chi connectivity index (χ2v) is 4.51. The lowest BCUT2D eigenvalue weighted by molar-refractivity contribution is -0.288. The van der Waals surface area contributed by atoms with Gasteiger partial charge in [0.1, 0.15) is 6.10 Å². The maximum absolute atomic E-state index is 9.56. The molecule has 0 radical (unpaired) electrons. The van der Waals surface area contributed by atoms with E-state index in [4.69, 9.17) is 14.2 Å². The van der Waals surface area contributed by atoms with E-state index in [0.29, 0.717) is 19.6 Å². The number of hydrogen-bond donors (Lipinski definition) is 1. The van der Waals surface area contributed by atoms with Gasteiger partial charge >= 0.3 is 0 Å². The zero-order chi connectivity index (χ0) is 11.7. The molecule has 4 atom stereocenters. The van der Waals surface area contributed by atoms with Crippen molar-refractivity contribution in [2.24, 2.45) is 0 Å². The zero-order valence-corrected chi connectivity index (χ0v) is 9.49.